The predicted octanol–water partition coefficient (Wildman–Crippen LogP) is 9.01. The first-order valence-corrected chi connectivity index (χ1v) is 21.0. The Morgan fingerprint density at radius 3 is 1.83 bits per heavy atom. The molecular weight excluding hydrogens is 787 g/mol. The molecule has 0 saturated carbocycles. The molecule has 0 aliphatic carbocycles. The van der Waals surface area contributed by atoms with E-state index in [1.807, 2.05) is 112 Å². The molecular formula is C46H42F2N6O5S. The van der Waals surface area contributed by atoms with E-state index in [1.165, 1.54) is 18.3 Å². The number of carbonyl (C=O) groups excluding carboxylic acids is 2. The lowest BCUT2D eigenvalue weighted by Crippen LogP contribution is -2.42. The standard InChI is InChI=1S/C46H42F2N6O5S/c1-45(2,3)59-44(56)52-23-21-37(22-24-52)53-30-31(29-49-53)43(55)50-42-40-28-38(60(57,58)39-26-35(47)25-36(48)27-39)19-20-41(40)54(51-42)46(32-13-7-4-8-14-32,33-15-9-5-10-16-33)34-17-11-6-12-18-34/h4-20,25-30,37H,21-24H2,1-3H3,(H,50,51,55). The quantitative estimate of drug-likeness (QED) is 0.144. The summed E-state index contributed by atoms with van der Waals surface area (Å²) in [6, 6.07) is 35.5. The minimum atomic E-state index is -4.46. The van der Waals surface area contributed by atoms with E-state index in [9.17, 15) is 26.8 Å². The number of amides is 2. The number of benzene rings is 5. The second-order valence-corrected chi connectivity index (χ2v) is 17.7. The number of sulfone groups is 1. The summed E-state index contributed by atoms with van der Waals surface area (Å²) in [5, 5.41) is 12.8. The molecule has 1 aliphatic rings. The van der Waals surface area contributed by atoms with E-state index < -0.39 is 43.4 Å². The van der Waals surface area contributed by atoms with Crippen LogP contribution in [0, 0.1) is 11.6 Å². The smallest absolute Gasteiger partial charge is 0.410 e. The van der Waals surface area contributed by atoms with E-state index in [4.69, 9.17) is 9.84 Å². The van der Waals surface area contributed by atoms with E-state index >= 15 is 0 Å². The number of halogens is 2. The van der Waals surface area contributed by atoms with Crippen LogP contribution in [0.5, 0.6) is 0 Å². The van der Waals surface area contributed by atoms with Crippen molar-refractivity contribution in [1.29, 1.82) is 0 Å². The zero-order valence-corrected chi connectivity index (χ0v) is 33.9. The van der Waals surface area contributed by atoms with Crippen LogP contribution in [0.2, 0.25) is 0 Å². The molecule has 5 aromatic carbocycles. The van der Waals surface area contributed by atoms with Gasteiger partial charge in [-0.2, -0.15) is 10.2 Å². The third-order valence-electron chi connectivity index (χ3n) is 10.6. The molecule has 306 valence electrons. The summed E-state index contributed by atoms with van der Waals surface area (Å²) in [5.41, 5.74) is 1.41. The van der Waals surface area contributed by atoms with Gasteiger partial charge >= 0.3 is 6.09 Å². The molecule has 0 bridgehead atoms. The van der Waals surface area contributed by atoms with Gasteiger partial charge in [0.2, 0.25) is 9.84 Å². The number of likely N-dealkylation sites (tertiary alicyclic amines) is 1. The monoisotopic (exact) mass is 828 g/mol. The van der Waals surface area contributed by atoms with Crippen LogP contribution in [0.3, 0.4) is 0 Å². The molecule has 1 N–H and O–H groups in total. The number of nitrogens with zero attached hydrogens (tertiary/aromatic N) is 5. The molecule has 0 atom stereocenters. The van der Waals surface area contributed by atoms with E-state index in [1.54, 1.807) is 26.5 Å². The SMILES string of the molecule is CC(C)(C)OC(=O)N1CCC(n2cc(C(=O)Nc3nn(C(c4ccccc4)(c4ccccc4)c4ccccc4)c4ccc(S(=O)(=O)c5cc(F)cc(F)c5)cc34)cn2)CC1. The van der Waals surface area contributed by atoms with Crippen molar-refractivity contribution in [3.63, 3.8) is 0 Å². The van der Waals surface area contributed by atoms with Gasteiger partial charge in [0.15, 0.2) is 5.82 Å². The highest BCUT2D eigenvalue weighted by molar-refractivity contribution is 7.91. The van der Waals surface area contributed by atoms with E-state index in [0.29, 0.717) is 37.5 Å². The number of aromatic nitrogens is 4. The number of piperidine rings is 1. The molecule has 14 heteroatoms. The first-order valence-electron chi connectivity index (χ1n) is 19.5. The number of anilines is 1. The number of hydrogen-bond donors (Lipinski definition) is 1. The molecule has 3 heterocycles. The molecule has 60 heavy (non-hydrogen) atoms. The van der Waals surface area contributed by atoms with Gasteiger partial charge in [-0.3, -0.25) is 9.48 Å². The lowest BCUT2D eigenvalue weighted by atomic mass is 9.77. The van der Waals surface area contributed by atoms with Gasteiger partial charge in [0.1, 0.15) is 22.8 Å². The highest BCUT2D eigenvalue weighted by atomic mass is 32.2. The maximum absolute atomic E-state index is 14.3. The molecule has 1 aliphatic heterocycles. The third-order valence-corrected chi connectivity index (χ3v) is 12.3. The first-order chi connectivity index (χ1) is 28.7. The van der Waals surface area contributed by atoms with Crippen LogP contribution in [0.15, 0.2) is 150 Å². The van der Waals surface area contributed by atoms with Gasteiger partial charge in [-0.1, -0.05) is 91.0 Å². The largest absolute Gasteiger partial charge is 0.444 e. The predicted molar refractivity (Wildman–Crippen MR) is 222 cm³/mol. The third kappa shape index (κ3) is 7.65. The Morgan fingerprint density at radius 1 is 0.750 bits per heavy atom. The maximum Gasteiger partial charge on any atom is 0.410 e. The fourth-order valence-corrected chi connectivity index (χ4v) is 9.14. The lowest BCUT2D eigenvalue weighted by Gasteiger charge is -2.37. The second-order valence-electron chi connectivity index (χ2n) is 15.7. The molecule has 1 fully saturated rings. The topological polar surface area (TPSA) is 128 Å². The summed E-state index contributed by atoms with van der Waals surface area (Å²) in [7, 11) is -4.46. The average Bonchev–Trinajstić information content (AvgIpc) is 3.88. The van der Waals surface area contributed by atoms with Gasteiger partial charge < -0.3 is 15.0 Å². The van der Waals surface area contributed by atoms with E-state index in [0.717, 1.165) is 28.8 Å². The summed E-state index contributed by atoms with van der Waals surface area (Å²) in [6.45, 7) is 6.39. The van der Waals surface area contributed by atoms with Crippen molar-refractivity contribution in [3.05, 3.63) is 174 Å². The van der Waals surface area contributed by atoms with Crippen molar-refractivity contribution in [1.82, 2.24) is 24.5 Å². The Bertz CT molecular complexity index is 2680. The summed E-state index contributed by atoms with van der Waals surface area (Å²) in [4.78, 5) is 27.7. The molecule has 11 nitrogen and oxygen atoms in total. The molecule has 7 aromatic rings. The van der Waals surface area contributed by atoms with Crippen molar-refractivity contribution >= 4 is 38.6 Å². The Morgan fingerprint density at radius 2 is 1.30 bits per heavy atom. The fraction of sp³-hybridized carbons (Fsp3) is 0.217. The molecule has 1 saturated heterocycles. The number of fused-ring (bicyclic) bond motifs is 1. The summed E-state index contributed by atoms with van der Waals surface area (Å²) in [5.74, 6) is -2.59. The zero-order valence-electron chi connectivity index (χ0n) is 33.1. The normalized spacial score (nSPS) is 14.0. The van der Waals surface area contributed by atoms with Crippen LogP contribution in [0.25, 0.3) is 10.9 Å². The zero-order chi connectivity index (χ0) is 42.2. The van der Waals surface area contributed by atoms with Gasteiger partial charge in [0, 0.05) is 30.7 Å². The van der Waals surface area contributed by atoms with Gasteiger partial charge in [0.25, 0.3) is 5.91 Å². The number of carbonyl (C=O) groups is 2. The van der Waals surface area contributed by atoms with Crippen molar-refractivity contribution in [2.24, 2.45) is 0 Å². The number of nitrogens with one attached hydrogen (secondary N) is 1. The van der Waals surface area contributed by atoms with Crippen molar-refractivity contribution in [3.8, 4) is 0 Å². The van der Waals surface area contributed by atoms with Gasteiger partial charge in [-0.05, 0) is 80.6 Å². The maximum atomic E-state index is 14.3. The van der Waals surface area contributed by atoms with E-state index in [2.05, 4.69) is 10.4 Å². The minimum absolute atomic E-state index is 0.0445. The van der Waals surface area contributed by atoms with Crippen molar-refractivity contribution in [2.45, 2.75) is 60.6 Å². The molecule has 0 radical (unpaired) electrons. The van der Waals surface area contributed by atoms with Crippen molar-refractivity contribution in [2.75, 3.05) is 18.4 Å². The minimum Gasteiger partial charge on any atom is -0.444 e. The first kappa shape index (κ1) is 40.1. The fourth-order valence-electron chi connectivity index (χ4n) is 7.81. The second kappa shape index (κ2) is 15.8. The van der Waals surface area contributed by atoms with Gasteiger partial charge in [-0.15, -0.1) is 0 Å². The van der Waals surface area contributed by atoms with Crippen LogP contribution < -0.4 is 5.32 Å². The van der Waals surface area contributed by atoms with Crippen LogP contribution in [-0.2, 0) is 20.1 Å². The lowest BCUT2D eigenvalue weighted by molar-refractivity contribution is 0.0184. The highest BCUT2D eigenvalue weighted by Gasteiger charge is 2.41. The van der Waals surface area contributed by atoms with Crippen LogP contribution in [0.1, 0.15) is 66.7 Å². The van der Waals surface area contributed by atoms with Crippen LogP contribution in [0.4, 0.5) is 19.4 Å². The molecule has 8 rings (SSSR count). The summed E-state index contributed by atoms with van der Waals surface area (Å²) in [6.07, 6.45) is 3.92. The van der Waals surface area contributed by atoms with Crippen LogP contribution >= 0.6 is 0 Å². The molecule has 2 amide bonds. The molecule has 2 aromatic heterocycles. The average molecular weight is 829 g/mol. The Labute approximate surface area is 346 Å². The Kier molecular flexibility index (Phi) is 10.6. The number of hydrogen-bond acceptors (Lipinski definition) is 7. The summed E-state index contributed by atoms with van der Waals surface area (Å²) >= 11 is 0. The van der Waals surface area contributed by atoms with Crippen LogP contribution in [-0.4, -0.2) is 63.6 Å². The number of rotatable bonds is 9. The summed E-state index contributed by atoms with van der Waals surface area (Å²) < 4.78 is 65.7. The Hall–Kier alpha value is -6.67. The van der Waals surface area contributed by atoms with Gasteiger partial charge in [-0.25, -0.2) is 26.7 Å². The van der Waals surface area contributed by atoms with Crippen molar-refractivity contribution < 1.29 is 31.5 Å². The highest BCUT2D eigenvalue weighted by Crippen LogP contribution is 2.44. The number of ether oxygens (including phenoxy) is 1. The van der Waals surface area contributed by atoms with E-state index in [-0.39, 0.29) is 33.8 Å². The van der Waals surface area contributed by atoms with Gasteiger partial charge in [0.05, 0.1) is 33.1 Å². The Balaban J connectivity index is 1.24. The molecule has 0 unspecified atom stereocenters. The molecule has 0 spiro atoms.